The molecule has 2 heterocycles. The Morgan fingerprint density at radius 3 is 3.05 bits per heavy atom. The predicted octanol–water partition coefficient (Wildman–Crippen LogP) is 2.21. The number of fused-ring (bicyclic) bond motifs is 1. The number of benzene rings is 1. The highest BCUT2D eigenvalue weighted by Gasteiger charge is 2.27. The minimum atomic E-state index is -0.294. The summed E-state index contributed by atoms with van der Waals surface area (Å²) >= 11 is 3.35. The van der Waals surface area contributed by atoms with Crippen molar-refractivity contribution in [2.45, 2.75) is 0 Å². The molecule has 1 aliphatic rings. The molecule has 1 aliphatic heterocycles. The summed E-state index contributed by atoms with van der Waals surface area (Å²) in [5.41, 5.74) is 1.17. The largest absolute Gasteiger partial charge is 0.482 e. The molecule has 2 amide bonds. The lowest BCUT2D eigenvalue weighted by Crippen LogP contribution is -2.43. The lowest BCUT2D eigenvalue weighted by atomic mass is 10.2. The number of anilines is 2. The summed E-state index contributed by atoms with van der Waals surface area (Å²) in [5, 5.41) is 2.71. The van der Waals surface area contributed by atoms with Crippen LogP contribution in [0.25, 0.3) is 0 Å². The molecule has 3 rings (SSSR count). The third kappa shape index (κ3) is 3.09. The van der Waals surface area contributed by atoms with Gasteiger partial charge < -0.3 is 10.1 Å². The van der Waals surface area contributed by atoms with Crippen LogP contribution in [0.3, 0.4) is 0 Å². The molecule has 2 aromatic rings. The number of rotatable bonds is 3. The Kier molecular flexibility index (Phi) is 4.06. The van der Waals surface area contributed by atoms with Gasteiger partial charge in [0.05, 0.1) is 17.6 Å². The molecule has 6 nitrogen and oxygen atoms in total. The molecule has 1 aromatic heterocycles. The zero-order valence-corrected chi connectivity index (χ0v) is 13.0. The first kappa shape index (κ1) is 14.5. The van der Waals surface area contributed by atoms with Crippen LogP contribution < -0.4 is 15.0 Å². The minimum absolute atomic E-state index is 0.0777. The second kappa shape index (κ2) is 6.15. The van der Waals surface area contributed by atoms with Crippen molar-refractivity contribution < 1.29 is 14.3 Å². The van der Waals surface area contributed by atoms with Crippen molar-refractivity contribution in [3.63, 3.8) is 0 Å². The Morgan fingerprint density at radius 1 is 1.41 bits per heavy atom. The second-order valence-corrected chi connectivity index (χ2v) is 5.59. The van der Waals surface area contributed by atoms with E-state index in [1.165, 1.54) is 4.90 Å². The van der Waals surface area contributed by atoms with E-state index in [0.29, 0.717) is 17.1 Å². The summed E-state index contributed by atoms with van der Waals surface area (Å²) in [7, 11) is 0. The van der Waals surface area contributed by atoms with E-state index in [4.69, 9.17) is 4.74 Å². The van der Waals surface area contributed by atoms with Crippen LogP contribution in [0, 0.1) is 0 Å². The Balaban J connectivity index is 1.77. The van der Waals surface area contributed by atoms with Crippen LogP contribution in [0.5, 0.6) is 5.75 Å². The van der Waals surface area contributed by atoms with Gasteiger partial charge in [0.1, 0.15) is 12.3 Å². The number of nitrogens with one attached hydrogen (secondary N) is 1. The smallest absolute Gasteiger partial charge is 0.265 e. The highest BCUT2D eigenvalue weighted by atomic mass is 79.9. The van der Waals surface area contributed by atoms with Crippen molar-refractivity contribution in [3.05, 3.63) is 47.2 Å². The summed E-state index contributed by atoms with van der Waals surface area (Å²) in [4.78, 5) is 29.5. The molecule has 1 aromatic carbocycles. The fourth-order valence-corrected chi connectivity index (χ4v) is 2.47. The van der Waals surface area contributed by atoms with E-state index in [1.807, 2.05) is 0 Å². The molecule has 1 N–H and O–H groups in total. The minimum Gasteiger partial charge on any atom is -0.482 e. The predicted molar refractivity (Wildman–Crippen MR) is 84.9 cm³/mol. The van der Waals surface area contributed by atoms with Gasteiger partial charge in [-0.1, -0.05) is 15.9 Å². The van der Waals surface area contributed by atoms with Gasteiger partial charge in [0, 0.05) is 10.7 Å². The van der Waals surface area contributed by atoms with Crippen molar-refractivity contribution in [1.29, 1.82) is 0 Å². The van der Waals surface area contributed by atoms with Gasteiger partial charge in [-0.25, -0.2) is 0 Å². The summed E-state index contributed by atoms with van der Waals surface area (Å²) in [5.74, 6) is 0.0245. The second-order valence-electron chi connectivity index (χ2n) is 4.67. The maximum Gasteiger partial charge on any atom is 0.265 e. The van der Waals surface area contributed by atoms with Crippen molar-refractivity contribution in [2.24, 2.45) is 0 Å². The molecule has 0 radical (unpaired) electrons. The van der Waals surface area contributed by atoms with E-state index >= 15 is 0 Å². The third-order valence-electron chi connectivity index (χ3n) is 3.11. The Hall–Kier alpha value is -2.41. The van der Waals surface area contributed by atoms with Gasteiger partial charge >= 0.3 is 0 Å². The van der Waals surface area contributed by atoms with Crippen LogP contribution >= 0.6 is 15.9 Å². The number of hydrogen-bond acceptors (Lipinski definition) is 4. The van der Waals surface area contributed by atoms with E-state index < -0.39 is 0 Å². The first-order chi connectivity index (χ1) is 10.6. The average Bonchev–Trinajstić information content (AvgIpc) is 2.51. The SMILES string of the molecule is O=C(CN1C(=O)COc2cc(Br)ccc21)Nc1cccnc1. The number of nitrogens with zero attached hydrogens (tertiary/aromatic N) is 2. The first-order valence-corrected chi connectivity index (χ1v) is 7.35. The third-order valence-corrected chi connectivity index (χ3v) is 3.61. The van der Waals surface area contributed by atoms with Gasteiger partial charge in [0.2, 0.25) is 5.91 Å². The summed E-state index contributed by atoms with van der Waals surface area (Å²) < 4.78 is 6.23. The molecule has 0 saturated heterocycles. The molecule has 112 valence electrons. The molecular weight excluding hydrogens is 350 g/mol. The molecule has 0 spiro atoms. The standard InChI is InChI=1S/C15H12BrN3O3/c16-10-3-4-12-13(6-10)22-9-15(21)19(12)8-14(20)18-11-2-1-5-17-7-11/h1-7H,8-9H2,(H,18,20). The molecule has 0 atom stereocenters. The lowest BCUT2D eigenvalue weighted by Gasteiger charge is -2.28. The highest BCUT2D eigenvalue weighted by Crippen LogP contribution is 2.34. The first-order valence-electron chi connectivity index (χ1n) is 6.56. The number of aromatic nitrogens is 1. The monoisotopic (exact) mass is 361 g/mol. The molecule has 0 saturated carbocycles. The molecule has 0 fully saturated rings. The molecule has 0 aliphatic carbocycles. The summed E-state index contributed by atoms with van der Waals surface area (Å²) in [6.07, 6.45) is 3.17. The Morgan fingerprint density at radius 2 is 2.27 bits per heavy atom. The topological polar surface area (TPSA) is 71.5 Å². The van der Waals surface area contributed by atoms with E-state index in [9.17, 15) is 9.59 Å². The molecule has 22 heavy (non-hydrogen) atoms. The van der Waals surface area contributed by atoms with Crippen molar-refractivity contribution in [1.82, 2.24) is 4.98 Å². The van der Waals surface area contributed by atoms with Crippen LogP contribution in [-0.4, -0.2) is 29.9 Å². The quantitative estimate of drug-likeness (QED) is 0.909. The van der Waals surface area contributed by atoms with Crippen LogP contribution in [-0.2, 0) is 9.59 Å². The number of ether oxygens (including phenoxy) is 1. The van der Waals surface area contributed by atoms with Crippen molar-refractivity contribution >= 4 is 39.1 Å². The fraction of sp³-hybridized carbons (Fsp3) is 0.133. The number of amides is 2. The number of pyridine rings is 1. The van der Waals surface area contributed by atoms with Gasteiger partial charge in [0.25, 0.3) is 5.91 Å². The van der Waals surface area contributed by atoms with Crippen LogP contribution in [0.15, 0.2) is 47.2 Å². The Labute approximate surface area is 135 Å². The maximum atomic E-state index is 12.1. The van der Waals surface area contributed by atoms with E-state index in [0.717, 1.165) is 4.47 Å². The van der Waals surface area contributed by atoms with Crippen molar-refractivity contribution in [3.8, 4) is 5.75 Å². The van der Waals surface area contributed by atoms with Gasteiger partial charge in [-0.05, 0) is 30.3 Å². The highest BCUT2D eigenvalue weighted by molar-refractivity contribution is 9.10. The van der Waals surface area contributed by atoms with Crippen LogP contribution in [0.2, 0.25) is 0 Å². The molecule has 0 unspecified atom stereocenters. The van der Waals surface area contributed by atoms with Crippen LogP contribution in [0.1, 0.15) is 0 Å². The summed E-state index contributed by atoms with van der Waals surface area (Å²) in [6, 6.07) is 8.77. The van der Waals surface area contributed by atoms with Gasteiger partial charge in [-0.2, -0.15) is 0 Å². The number of hydrogen-bond donors (Lipinski definition) is 1. The van der Waals surface area contributed by atoms with Gasteiger partial charge in [-0.3, -0.25) is 19.5 Å². The van der Waals surface area contributed by atoms with E-state index in [-0.39, 0.29) is 25.0 Å². The zero-order chi connectivity index (χ0) is 15.5. The van der Waals surface area contributed by atoms with Crippen LogP contribution in [0.4, 0.5) is 11.4 Å². The fourth-order valence-electron chi connectivity index (χ4n) is 2.13. The molecule has 7 heteroatoms. The number of carbonyl (C=O) groups excluding carboxylic acids is 2. The van der Waals surface area contributed by atoms with Gasteiger partial charge in [-0.15, -0.1) is 0 Å². The zero-order valence-electron chi connectivity index (χ0n) is 11.5. The molecule has 0 bridgehead atoms. The number of halogens is 1. The van der Waals surface area contributed by atoms with Gasteiger partial charge in [0.15, 0.2) is 6.61 Å². The van der Waals surface area contributed by atoms with E-state index in [1.54, 1.807) is 42.7 Å². The van der Waals surface area contributed by atoms with E-state index in [2.05, 4.69) is 26.2 Å². The normalized spacial score (nSPS) is 13.3. The number of carbonyl (C=O) groups is 2. The lowest BCUT2D eigenvalue weighted by molar-refractivity contribution is -0.123. The maximum absolute atomic E-state index is 12.1. The average molecular weight is 362 g/mol. The Bertz CT molecular complexity index is 721. The molecular formula is C15H12BrN3O3. The summed E-state index contributed by atoms with van der Waals surface area (Å²) in [6.45, 7) is -0.157. The van der Waals surface area contributed by atoms with Crippen molar-refractivity contribution in [2.75, 3.05) is 23.4 Å².